The van der Waals surface area contributed by atoms with E-state index in [1.165, 1.54) is 0 Å². The van der Waals surface area contributed by atoms with E-state index in [0.717, 1.165) is 59.3 Å². The van der Waals surface area contributed by atoms with Crippen LogP contribution in [0.25, 0.3) is 21.9 Å². The van der Waals surface area contributed by atoms with E-state index in [0.29, 0.717) is 10.9 Å². The summed E-state index contributed by atoms with van der Waals surface area (Å²) in [6.45, 7) is 6.31. The third-order valence-corrected chi connectivity index (χ3v) is 5.26. The number of halogens is 1. The van der Waals surface area contributed by atoms with Crippen LogP contribution < -0.4 is 10.6 Å². The van der Waals surface area contributed by atoms with Crippen molar-refractivity contribution in [2.24, 2.45) is 13.0 Å². The molecule has 134 valence electrons. The first-order valence-electron chi connectivity index (χ1n) is 8.85. The average molecular weight is 368 g/mol. The molecule has 0 saturated carbocycles. The Hall–Kier alpha value is -2.37. The number of aryl methyl sites for hydroxylation is 1. The van der Waals surface area contributed by atoms with E-state index in [4.69, 9.17) is 11.6 Å². The van der Waals surface area contributed by atoms with Crippen molar-refractivity contribution in [2.45, 2.75) is 12.8 Å². The van der Waals surface area contributed by atoms with E-state index in [1.54, 1.807) is 4.68 Å². The van der Waals surface area contributed by atoms with Gasteiger partial charge in [-0.3, -0.25) is 4.68 Å². The molecular weight excluding hydrogens is 346 g/mol. The summed E-state index contributed by atoms with van der Waals surface area (Å²) in [5.74, 6) is 1.31. The molecule has 0 unspecified atom stereocenters. The Morgan fingerprint density at radius 2 is 2.04 bits per heavy atom. The maximum Gasteiger partial charge on any atom is 0.130 e. The second-order valence-corrected chi connectivity index (χ2v) is 7.23. The van der Waals surface area contributed by atoms with Crippen LogP contribution in [0.4, 0.5) is 5.82 Å². The van der Waals surface area contributed by atoms with Gasteiger partial charge in [-0.05, 0) is 49.5 Å². The molecule has 0 radical (unpaired) electrons. The molecule has 1 aromatic carbocycles. The number of hydrogen-bond acceptors (Lipinski definition) is 4. The van der Waals surface area contributed by atoms with E-state index < -0.39 is 0 Å². The maximum atomic E-state index is 6.47. The van der Waals surface area contributed by atoms with Crippen molar-refractivity contribution in [1.29, 1.82) is 0 Å². The van der Waals surface area contributed by atoms with Gasteiger partial charge in [0.15, 0.2) is 0 Å². The number of anilines is 1. The molecule has 1 fully saturated rings. The largest absolute Gasteiger partial charge is 0.344 e. The highest BCUT2D eigenvalue weighted by Crippen LogP contribution is 2.33. The molecule has 0 spiro atoms. The number of nitrogens with one attached hydrogen (secondary N) is 2. The molecule has 26 heavy (non-hydrogen) atoms. The van der Waals surface area contributed by atoms with Crippen LogP contribution in [0, 0.1) is 5.92 Å². The van der Waals surface area contributed by atoms with Gasteiger partial charge in [0.1, 0.15) is 5.82 Å². The van der Waals surface area contributed by atoms with Crippen LogP contribution in [0.3, 0.4) is 0 Å². The SMILES string of the molecule is C=C(Nc1cc2cc(-c3cnn(C)c3)c(Cl)cc2cn1)C1CCNCC1. The Bertz CT molecular complexity index is 956. The molecule has 3 heterocycles. The number of rotatable bonds is 4. The summed E-state index contributed by atoms with van der Waals surface area (Å²) >= 11 is 6.47. The van der Waals surface area contributed by atoms with Crippen LogP contribution >= 0.6 is 11.6 Å². The van der Waals surface area contributed by atoms with Gasteiger partial charge >= 0.3 is 0 Å². The Kier molecular flexibility index (Phi) is 4.66. The van der Waals surface area contributed by atoms with Crippen molar-refractivity contribution < 1.29 is 0 Å². The molecule has 0 bridgehead atoms. The first kappa shape index (κ1) is 17.1. The van der Waals surface area contributed by atoms with Gasteiger partial charge in [0, 0.05) is 52.6 Å². The van der Waals surface area contributed by atoms with Crippen molar-refractivity contribution in [1.82, 2.24) is 20.1 Å². The standard InChI is InChI=1S/C20H22ClN5/c1-13(14-3-5-22-6-4-14)25-20-9-15-7-18(17-11-24-26(2)12-17)19(21)8-16(15)10-23-20/h7-12,14,22H,1,3-6H2,2H3,(H,23,25). The van der Waals surface area contributed by atoms with Gasteiger partial charge in [0.2, 0.25) is 0 Å². The lowest BCUT2D eigenvalue weighted by Crippen LogP contribution is -2.30. The summed E-state index contributed by atoms with van der Waals surface area (Å²) in [5.41, 5.74) is 3.02. The van der Waals surface area contributed by atoms with Crippen LogP contribution in [0.15, 0.2) is 49.1 Å². The lowest BCUT2D eigenvalue weighted by Gasteiger charge is -2.25. The molecule has 5 nitrogen and oxygen atoms in total. The molecule has 1 saturated heterocycles. The molecule has 2 aromatic heterocycles. The zero-order chi connectivity index (χ0) is 18.1. The summed E-state index contributed by atoms with van der Waals surface area (Å²) in [7, 11) is 1.90. The second kappa shape index (κ2) is 7.09. The third-order valence-electron chi connectivity index (χ3n) is 4.94. The molecular formula is C20H22ClN5. The average Bonchev–Trinajstić information content (AvgIpc) is 3.08. The highest BCUT2D eigenvalue weighted by atomic mass is 35.5. The number of pyridine rings is 1. The number of hydrogen-bond donors (Lipinski definition) is 2. The molecule has 0 amide bonds. The zero-order valence-electron chi connectivity index (χ0n) is 14.8. The molecule has 2 N–H and O–H groups in total. The number of piperidine rings is 1. The maximum absolute atomic E-state index is 6.47. The first-order chi connectivity index (χ1) is 12.6. The Labute approximate surface area is 158 Å². The predicted molar refractivity (Wildman–Crippen MR) is 107 cm³/mol. The number of benzene rings is 1. The monoisotopic (exact) mass is 367 g/mol. The Balaban J connectivity index is 1.63. The van der Waals surface area contributed by atoms with Gasteiger partial charge < -0.3 is 10.6 Å². The first-order valence-corrected chi connectivity index (χ1v) is 9.23. The number of fused-ring (bicyclic) bond motifs is 1. The van der Waals surface area contributed by atoms with Gasteiger partial charge in [0.25, 0.3) is 0 Å². The minimum atomic E-state index is 0.491. The van der Waals surface area contributed by atoms with Crippen molar-refractivity contribution in [3.8, 4) is 11.1 Å². The van der Waals surface area contributed by atoms with Crippen LogP contribution in [0.5, 0.6) is 0 Å². The van der Waals surface area contributed by atoms with E-state index in [1.807, 2.05) is 31.7 Å². The number of nitrogens with zero attached hydrogens (tertiary/aromatic N) is 3. The summed E-state index contributed by atoms with van der Waals surface area (Å²) in [5, 5.41) is 13.8. The topological polar surface area (TPSA) is 54.8 Å². The molecule has 0 atom stereocenters. The lowest BCUT2D eigenvalue weighted by atomic mass is 9.95. The second-order valence-electron chi connectivity index (χ2n) is 6.83. The van der Waals surface area contributed by atoms with E-state index in [-0.39, 0.29) is 0 Å². The lowest BCUT2D eigenvalue weighted by molar-refractivity contribution is 0.422. The third kappa shape index (κ3) is 3.45. The smallest absolute Gasteiger partial charge is 0.130 e. The fraction of sp³-hybridized carbons (Fsp3) is 0.300. The Morgan fingerprint density at radius 3 is 2.77 bits per heavy atom. The van der Waals surface area contributed by atoms with Gasteiger partial charge in [-0.2, -0.15) is 5.10 Å². The molecule has 1 aliphatic heterocycles. The van der Waals surface area contributed by atoms with Crippen LogP contribution in [0.1, 0.15) is 12.8 Å². The van der Waals surface area contributed by atoms with Crippen molar-refractivity contribution in [3.05, 3.63) is 54.1 Å². The molecule has 3 aromatic rings. The number of aromatic nitrogens is 3. The van der Waals surface area contributed by atoms with Gasteiger partial charge in [0.05, 0.1) is 6.20 Å². The number of allylic oxidation sites excluding steroid dienone is 1. The van der Waals surface area contributed by atoms with Gasteiger partial charge in [-0.1, -0.05) is 18.2 Å². The fourth-order valence-corrected chi connectivity index (χ4v) is 3.73. The van der Waals surface area contributed by atoms with Crippen LogP contribution in [-0.2, 0) is 7.05 Å². The Morgan fingerprint density at radius 1 is 1.23 bits per heavy atom. The molecule has 6 heteroatoms. The summed E-state index contributed by atoms with van der Waals surface area (Å²) in [6.07, 6.45) is 7.87. The van der Waals surface area contributed by atoms with Crippen molar-refractivity contribution >= 4 is 28.2 Å². The van der Waals surface area contributed by atoms with Crippen LogP contribution in [-0.4, -0.2) is 27.9 Å². The zero-order valence-corrected chi connectivity index (χ0v) is 15.6. The van der Waals surface area contributed by atoms with Gasteiger partial charge in [-0.15, -0.1) is 0 Å². The van der Waals surface area contributed by atoms with Crippen molar-refractivity contribution in [3.63, 3.8) is 0 Å². The van der Waals surface area contributed by atoms with Crippen LogP contribution in [0.2, 0.25) is 5.02 Å². The highest BCUT2D eigenvalue weighted by Gasteiger charge is 2.16. The predicted octanol–water partition coefficient (Wildman–Crippen LogP) is 4.21. The molecule has 1 aliphatic rings. The normalized spacial score (nSPS) is 15.3. The van der Waals surface area contributed by atoms with E-state index >= 15 is 0 Å². The summed E-state index contributed by atoms with van der Waals surface area (Å²) < 4.78 is 1.78. The van der Waals surface area contributed by atoms with Gasteiger partial charge in [-0.25, -0.2) is 4.98 Å². The van der Waals surface area contributed by atoms with E-state index in [2.05, 4.69) is 39.4 Å². The van der Waals surface area contributed by atoms with E-state index in [9.17, 15) is 0 Å². The highest BCUT2D eigenvalue weighted by molar-refractivity contribution is 6.34. The molecule has 4 rings (SSSR count). The quantitative estimate of drug-likeness (QED) is 0.725. The summed E-state index contributed by atoms with van der Waals surface area (Å²) in [6, 6.07) is 6.10. The van der Waals surface area contributed by atoms with Crippen molar-refractivity contribution in [2.75, 3.05) is 18.4 Å². The minimum Gasteiger partial charge on any atom is -0.344 e. The molecule has 0 aliphatic carbocycles. The fourth-order valence-electron chi connectivity index (χ4n) is 3.45. The summed E-state index contributed by atoms with van der Waals surface area (Å²) in [4.78, 5) is 4.53. The minimum absolute atomic E-state index is 0.491.